The van der Waals surface area contributed by atoms with E-state index in [1.807, 2.05) is 29.8 Å². The number of thiophene rings is 1. The van der Waals surface area contributed by atoms with Crippen molar-refractivity contribution in [2.45, 2.75) is 13.5 Å². The maximum atomic E-state index is 11.3. The number of hydrogen-bond donors (Lipinski definition) is 1. The topological polar surface area (TPSA) is 80.9 Å². The van der Waals surface area contributed by atoms with E-state index in [0.29, 0.717) is 12.2 Å². The van der Waals surface area contributed by atoms with E-state index >= 15 is 0 Å². The Morgan fingerprint density at radius 1 is 1.45 bits per heavy atom. The molecular formula is C12H10N4O2S2. The number of hydrogen-bond acceptors (Lipinski definition) is 6. The number of carboxylic acid groups (broad SMARTS) is 1. The van der Waals surface area contributed by atoms with Gasteiger partial charge in [-0.3, -0.25) is 0 Å². The predicted molar refractivity (Wildman–Crippen MR) is 76.2 cm³/mol. The first-order valence-electron chi connectivity index (χ1n) is 5.77. The molecule has 0 saturated carbocycles. The number of thiazole rings is 1. The average molecular weight is 306 g/mol. The van der Waals surface area contributed by atoms with Crippen LogP contribution >= 0.6 is 22.7 Å². The van der Waals surface area contributed by atoms with Crippen LogP contribution in [0.3, 0.4) is 0 Å². The molecule has 3 aromatic heterocycles. The summed E-state index contributed by atoms with van der Waals surface area (Å²) in [5, 5.41) is 21.8. The Morgan fingerprint density at radius 3 is 2.90 bits per heavy atom. The van der Waals surface area contributed by atoms with Gasteiger partial charge < -0.3 is 5.11 Å². The van der Waals surface area contributed by atoms with Gasteiger partial charge in [0.05, 0.1) is 22.1 Å². The Hall–Kier alpha value is -2.06. The number of nitrogens with zero attached hydrogens (tertiary/aromatic N) is 4. The van der Waals surface area contributed by atoms with Crippen molar-refractivity contribution in [2.24, 2.45) is 0 Å². The molecule has 0 aliphatic rings. The number of carboxylic acids is 1. The van der Waals surface area contributed by atoms with Gasteiger partial charge in [-0.25, -0.2) is 14.5 Å². The third-order valence-electron chi connectivity index (χ3n) is 2.67. The Balaban J connectivity index is 2.05. The smallest absolute Gasteiger partial charge is 0.358 e. The molecule has 0 aliphatic carbocycles. The highest BCUT2D eigenvalue weighted by Crippen LogP contribution is 2.27. The van der Waals surface area contributed by atoms with E-state index in [4.69, 9.17) is 0 Å². The molecule has 3 heterocycles. The molecule has 0 fully saturated rings. The average Bonchev–Trinajstić information content (AvgIpc) is 3.10. The molecule has 1 N–H and O–H groups in total. The maximum Gasteiger partial charge on any atom is 0.358 e. The van der Waals surface area contributed by atoms with E-state index in [2.05, 4.69) is 15.3 Å². The lowest BCUT2D eigenvalue weighted by molar-refractivity contribution is 0.0691. The fourth-order valence-corrected chi connectivity index (χ4v) is 3.24. The van der Waals surface area contributed by atoms with Crippen molar-refractivity contribution in [3.8, 4) is 10.6 Å². The van der Waals surface area contributed by atoms with Crippen LogP contribution < -0.4 is 0 Å². The lowest BCUT2D eigenvalue weighted by Gasteiger charge is -2.03. The minimum Gasteiger partial charge on any atom is -0.476 e. The van der Waals surface area contributed by atoms with Gasteiger partial charge in [-0.05, 0) is 18.4 Å². The van der Waals surface area contributed by atoms with Crippen LogP contribution in [0.2, 0.25) is 0 Å². The molecule has 8 heteroatoms. The molecule has 3 aromatic rings. The van der Waals surface area contributed by atoms with E-state index in [0.717, 1.165) is 15.6 Å². The van der Waals surface area contributed by atoms with Gasteiger partial charge in [0.2, 0.25) is 0 Å². The van der Waals surface area contributed by atoms with E-state index in [9.17, 15) is 9.90 Å². The molecule has 0 amide bonds. The van der Waals surface area contributed by atoms with Crippen LogP contribution in [0.1, 0.15) is 21.2 Å². The SMILES string of the molecule is Cc1nc(Cn2nnc(C(=O)O)c2-c2cccs2)cs1. The Labute approximate surface area is 122 Å². The van der Waals surface area contributed by atoms with Crippen LogP contribution in [0.25, 0.3) is 10.6 Å². The second-order valence-corrected chi connectivity index (χ2v) is 6.09. The van der Waals surface area contributed by atoms with E-state index in [1.165, 1.54) is 11.3 Å². The number of carbonyl (C=O) groups is 1. The van der Waals surface area contributed by atoms with Crippen LogP contribution in [0, 0.1) is 6.92 Å². The van der Waals surface area contributed by atoms with Crippen molar-refractivity contribution in [1.82, 2.24) is 20.0 Å². The third kappa shape index (κ3) is 2.35. The predicted octanol–water partition coefficient (Wildman–Crippen LogP) is 2.52. The summed E-state index contributed by atoms with van der Waals surface area (Å²) in [6.07, 6.45) is 0. The van der Waals surface area contributed by atoms with Gasteiger partial charge in [-0.15, -0.1) is 27.8 Å². The van der Waals surface area contributed by atoms with Crippen molar-refractivity contribution < 1.29 is 9.90 Å². The summed E-state index contributed by atoms with van der Waals surface area (Å²) in [6.45, 7) is 2.34. The zero-order valence-corrected chi connectivity index (χ0v) is 12.1. The van der Waals surface area contributed by atoms with Crippen molar-refractivity contribution >= 4 is 28.6 Å². The molecule has 0 bridgehead atoms. The quantitative estimate of drug-likeness (QED) is 0.801. The van der Waals surface area contributed by atoms with Crippen molar-refractivity contribution in [3.63, 3.8) is 0 Å². The zero-order chi connectivity index (χ0) is 14.1. The first kappa shape index (κ1) is 12.9. The summed E-state index contributed by atoms with van der Waals surface area (Å²) < 4.78 is 1.59. The van der Waals surface area contributed by atoms with Gasteiger partial charge >= 0.3 is 5.97 Å². The Bertz CT molecular complexity index is 745. The van der Waals surface area contributed by atoms with Gasteiger partial charge in [0, 0.05) is 5.38 Å². The van der Waals surface area contributed by atoms with Crippen molar-refractivity contribution in [1.29, 1.82) is 0 Å². The van der Waals surface area contributed by atoms with Crippen LogP contribution in [-0.4, -0.2) is 31.1 Å². The fourth-order valence-electron chi connectivity index (χ4n) is 1.86. The molecular weight excluding hydrogens is 296 g/mol. The number of aromatic nitrogens is 4. The zero-order valence-electron chi connectivity index (χ0n) is 10.5. The monoisotopic (exact) mass is 306 g/mol. The van der Waals surface area contributed by atoms with Gasteiger partial charge in [0.25, 0.3) is 0 Å². The third-order valence-corrected chi connectivity index (χ3v) is 4.37. The first-order chi connectivity index (χ1) is 9.65. The van der Waals surface area contributed by atoms with Crippen LogP contribution in [0.4, 0.5) is 0 Å². The molecule has 102 valence electrons. The van der Waals surface area contributed by atoms with Crippen LogP contribution in [-0.2, 0) is 6.54 Å². The van der Waals surface area contributed by atoms with Gasteiger partial charge in [-0.1, -0.05) is 11.3 Å². The Morgan fingerprint density at radius 2 is 2.30 bits per heavy atom. The summed E-state index contributed by atoms with van der Waals surface area (Å²) >= 11 is 3.01. The maximum absolute atomic E-state index is 11.3. The lowest BCUT2D eigenvalue weighted by Crippen LogP contribution is -2.05. The molecule has 3 rings (SSSR count). The lowest BCUT2D eigenvalue weighted by atomic mass is 10.2. The van der Waals surface area contributed by atoms with Gasteiger partial charge in [0.15, 0.2) is 5.69 Å². The van der Waals surface area contributed by atoms with Gasteiger partial charge in [-0.2, -0.15) is 0 Å². The summed E-state index contributed by atoms with van der Waals surface area (Å²) in [6, 6.07) is 3.73. The Kier molecular flexibility index (Phi) is 3.33. The van der Waals surface area contributed by atoms with Crippen LogP contribution in [0.5, 0.6) is 0 Å². The summed E-state index contributed by atoms with van der Waals surface area (Å²) in [5.74, 6) is -1.07. The molecule has 0 unspecified atom stereocenters. The number of rotatable bonds is 4. The largest absolute Gasteiger partial charge is 0.476 e. The van der Waals surface area contributed by atoms with Gasteiger partial charge in [0.1, 0.15) is 5.69 Å². The highest BCUT2D eigenvalue weighted by atomic mass is 32.1. The normalized spacial score (nSPS) is 10.8. The summed E-state index contributed by atoms with van der Waals surface area (Å²) in [7, 11) is 0. The second kappa shape index (κ2) is 5.14. The minimum atomic E-state index is -1.07. The standard InChI is InChI=1S/C12H10N4O2S2/c1-7-13-8(6-20-7)5-16-11(9-3-2-4-19-9)10(12(17)18)14-15-16/h2-4,6H,5H2,1H3,(H,17,18). The highest BCUT2D eigenvalue weighted by molar-refractivity contribution is 7.13. The second-order valence-electron chi connectivity index (χ2n) is 4.08. The summed E-state index contributed by atoms with van der Waals surface area (Å²) in [4.78, 5) is 16.5. The molecule has 0 spiro atoms. The molecule has 0 radical (unpaired) electrons. The molecule has 6 nitrogen and oxygen atoms in total. The fraction of sp³-hybridized carbons (Fsp3) is 0.167. The molecule has 0 atom stereocenters. The molecule has 20 heavy (non-hydrogen) atoms. The first-order valence-corrected chi connectivity index (χ1v) is 7.52. The minimum absolute atomic E-state index is 0.0283. The molecule has 0 saturated heterocycles. The summed E-state index contributed by atoms with van der Waals surface area (Å²) in [5.41, 5.74) is 1.35. The van der Waals surface area contributed by atoms with E-state index in [-0.39, 0.29) is 5.69 Å². The highest BCUT2D eigenvalue weighted by Gasteiger charge is 2.21. The van der Waals surface area contributed by atoms with Crippen molar-refractivity contribution in [2.75, 3.05) is 0 Å². The molecule has 0 aromatic carbocycles. The van der Waals surface area contributed by atoms with Crippen LogP contribution in [0.15, 0.2) is 22.9 Å². The van der Waals surface area contributed by atoms with E-state index in [1.54, 1.807) is 16.0 Å². The number of aryl methyl sites for hydroxylation is 1. The molecule has 0 aliphatic heterocycles. The van der Waals surface area contributed by atoms with E-state index < -0.39 is 5.97 Å². The number of aromatic carboxylic acids is 1. The van der Waals surface area contributed by atoms with Crippen molar-refractivity contribution in [3.05, 3.63) is 39.3 Å².